The molecule has 0 N–H and O–H groups in total. The van der Waals surface area contributed by atoms with Crippen LogP contribution in [-0.2, 0) is 5.41 Å². The first kappa shape index (κ1) is 39.1. The van der Waals surface area contributed by atoms with Gasteiger partial charge in [-0.2, -0.15) is 0 Å². The second-order valence-electron chi connectivity index (χ2n) is 18.2. The Morgan fingerprint density at radius 1 is 0.328 bits per heavy atom. The van der Waals surface area contributed by atoms with Crippen molar-refractivity contribution in [2.45, 2.75) is 24.2 Å². The molecule has 0 amide bonds. The Hall–Kier alpha value is -8.27. The van der Waals surface area contributed by atoms with Crippen LogP contribution in [0.2, 0.25) is 0 Å². The van der Waals surface area contributed by atoms with Crippen LogP contribution < -0.4 is 0 Å². The summed E-state index contributed by atoms with van der Waals surface area (Å²) in [4.78, 5) is 16.5. The summed E-state index contributed by atoms with van der Waals surface area (Å²) in [5.41, 5.74) is 19.7. The number of benzene rings is 9. The van der Waals surface area contributed by atoms with Crippen molar-refractivity contribution in [3.63, 3.8) is 0 Å². The highest BCUT2D eigenvalue weighted by molar-refractivity contribution is 5.87. The number of hydrogen-bond donors (Lipinski definition) is 0. The number of allylic oxidation sites excluding steroid dienone is 2. The molecule has 1 heterocycles. The lowest BCUT2D eigenvalue weighted by atomic mass is 9.64. The third kappa shape index (κ3) is 6.53. The van der Waals surface area contributed by atoms with Crippen LogP contribution >= 0.6 is 0 Å². The third-order valence-electron chi connectivity index (χ3n) is 14.5. The topological polar surface area (TPSA) is 38.7 Å². The van der Waals surface area contributed by atoms with Gasteiger partial charge >= 0.3 is 0 Å². The van der Waals surface area contributed by atoms with Crippen LogP contribution in [-0.4, -0.2) is 15.0 Å². The van der Waals surface area contributed by atoms with E-state index in [2.05, 4.69) is 237 Å². The largest absolute Gasteiger partial charge is 0.208 e. The lowest BCUT2D eigenvalue weighted by Gasteiger charge is -2.37. The van der Waals surface area contributed by atoms with E-state index in [9.17, 15) is 0 Å². The monoisotopic (exact) mass is 855 g/mol. The molecule has 2 atom stereocenters. The minimum absolute atomic E-state index is 0.301. The van der Waals surface area contributed by atoms with Crippen molar-refractivity contribution in [1.82, 2.24) is 15.0 Å². The minimum Gasteiger partial charge on any atom is -0.208 e. The fraction of sp³-hybridized carbons (Fsp3) is 0.0781. The van der Waals surface area contributed by atoms with Gasteiger partial charge in [-0.1, -0.05) is 194 Å². The van der Waals surface area contributed by atoms with Crippen molar-refractivity contribution in [2.24, 2.45) is 5.92 Å². The Bertz CT molecular complexity index is 3220. The van der Waals surface area contributed by atoms with Crippen molar-refractivity contribution in [3.8, 4) is 89.8 Å². The second kappa shape index (κ2) is 16.0. The zero-order valence-corrected chi connectivity index (χ0v) is 36.9. The second-order valence-corrected chi connectivity index (χ2v) is 18.2. The fourth-order valence-corrected chi connectivity index (χ4v) is 11.6. The van der Waals surface area contributed by atoms with E-state index in [1.807, 2.05) is 0 Å². The molecule has 1 spiro atoms. The molecule has 0 saturated heterocycles. The van der Waals surface area contributed by atoms with E-state index in [1.54, 1.807) is 0 Å². The summed E-state index contributed by atoms with van der Waals surface area (Å²) in [6.45, 7) is 0. The van der Waals surface area contributed by atoms with Crippen molar-refractivity contribution >= 4 is 0 Å². The van der Waals surface area contributed by atoms with Gasteiger partial charge in [-0.3, -0.25) is 0 Å². The van der Waals surface area contributed by atoms with E-state index in [-0.39, 0.29) is 5.41 Å². The van der Waals surface area contributed by atoms with Gasteiger partial charge < -0.3 is 0 Å². The SMILES string of the molecule is C1=CC2C(CC1)c1ccc(-c3nc(-c4cc(-c5ccccc5)cc(-c5ccccc5)c4)nc(-c4cc(-c5ccccc5)cc(-c5ccccc5)c4)n3)cc1C21c2ccccc2-c2ccccc21. The lowest BCUT2D eigenvalue weighted by Crippen LogP contribution is -2.33. The van der Waals surface area contributed by atoms with Crippen LogP contribution in [0, 0.1) is 5.92 Å². The van der Waals surface area contributed by atoms with Gasteiger partial charge in [0.25, 0.3) is 0 Å². The molecule has 3 aliphatic carbocycles. The quantitative estimate of drug-likeness (QED) is 0.150. The maximum atomic E-state index is 5.51. The minimum atomic E-state index is -0.331. The number of fused-ring (bicyclic) bond motifs is 10. The van der Waals surface area contributed by atoms with Gasteiger partial charge in [0.05, 0.1) is 5.41 Å². The highest BCUT2D eigenvalue weighted by atomic mass is 15.0. The number of hydrogen-bond acceptors (Lipinski definition) is 3. The lowest BCUT2D eigenvalue weighted by molar-refractivity contribution is 0.399. The molecule has 3 heteroatoms. The van der Waals surface area contributed by atoms with Crippen LogP contribution in [0.5, 0.6) is 0 Å². The zero-order chi connectivity index (χ0) is 44.3. The summed E-state index contributed by atoms with van der Waals surface area (Å²) in [6.07, 6.45) is 7.16. The molecule has 1 aromatic heterocycles. The average Bonchev–Trinajstić information content (AvgIpc) is 3.88. The smallest absolute Gasteiger partial charge is 0.164 e. The summed E-state index contributed by atoms with van der Waals surface area (Å²) < 4.78 is 0. The van der Waals surface area contributed by atoms with Gasteiger partial charge in [-0.15, -0.1) is 0 Å². The standard InChI is InChI=1S/C64H45N3/c1-5-19-42(20-6-1)47-35-48(43-21-7-2-8-22-43)38-51(37-47)62-65-61(66-63(67-62)52-39-49(44-23-9-3-10-24-44)36-50(40-52)45-25-11-4-12-26-45)46-33-34-56-55-29-15-18-32-59(55)64(60(56)41-46)57-30-16-13-27-53(57)54-28-14-17-31-58(54)64/h1-14,16-28,30-41,55,59H,15,29H2. The molecule has 3 nitrogen and oxygen atoms in total. The van der Waals surface area contributed by atoms with E-state index in [4.69, 9.17) is 15.0 Å². The van der Waals surface area contributed by atoms with Crippen LogP contribution in [0.4, 0.5) is 0 Å². The maximum Gasteiger partial charge on any atom is 0.164 e. The molecule has 9 aromatic carbocycles. The molecule has 0 radical (unpaired) electrons. The maximum absolute atomic E-state index is 5.51. The third-order valence-corrected chi connectivity index (χ3v) is 14.5. The summed E-state index contributed by atoms with van der Waals surface area (Å²) in [7, 11) is 0. The van der Waals surface area contributed by atoms with Crippen molar-refractivity contribution < 1.29 is 0 Å². The molecule has 13 rings (SSSR count). The average molecular weight is 856 g/mol. The van der Waals surface area contributed by atoms with Gasteiger partial charge in [0.1, 0.15) is 0 Å². The molecule has 10 aromatic rings. The molecule has 0 fully saturated rings. The molecule has 0 saturated carbocycles. The predicted octanol–water partition coefficient (Wildman–Crippen LogP) is 15.9. The first-order chi connectivity index (χ1) is 33.2. The molecule has 2 unspecified atom stereocenters. The van der Waals surface area contributed by atoms with Crippen LogP contribution in [0.3, 0.4) is 0 Å². The molecule has 67 heavy (non-hydrogen) atoms. The molecule has 0 bridgehead atoms. The molecule has 3 aliphatic rings. The van der Waals surface area contributed by atoms with Gasteiger partial charge in [-0.25, -0.2) is 15.0 Å². The Labute approximate surface area is 391 Å². The molecular weight excluding hydrogens is 811 g/mol. The van der Waals surface area contributed by atoms with E-state index in [1.165, 1.54) is 33.4 Å². The Balaban J connectivity index is 1.07. The van der Waals surface area contributed by atoms with Crippen molar-refractivity contribution in [3.05, 3.63) is 259 Å². The van der Waals surface area contributed by atoms with E-state index >= 15 is 0 Å². The van der Waals surface area contributed by atoms with Crippen LogP contribution in [0.15, 0.2) is 237 Å². The van der Waals surface area contributed by atoms with Gasteiger partial charge in [0.15, 0.2) is 17.5 Å². The summed E-state index contributed by atoms with van der Waals surface area (Å²) in [5, 5.41) is 0. The first-order valence-corrected chi connectivity index (χ1v) is 23.5. The normalized spacial score (nSPS) is 16.0. The number of nitrogens with zero attached hydrogens (tertiary/aromatic N) is 3. The number of aromatic nitrogens is 3. The predicted molar refractivity (Wildman–Crippen MR) is 274 cm³/mol. The van der Waals surface area contributed by atoms with Crippen molar-refractivity contribution in [1.29, 1.82) is 0 Å². The van der Waals surface area contributed by atoms with Gasteiger partial charge in [0.2, 0.25) is 0 Å². The summed E-state index contributed by atoms with van der Waals surface area (Å²) in [5.74, 6) is 2.62. The Morgan fingerprint density at radius 3 is 1.16 bits per heavy atom. The van der Waals surface area contributed by atoms with E-state index < -0.39 is 0 Å². The number of rotatable bonds is 7. The summed E-state index contributed by atoms with van der Waals surface area (Å²) >= 11 is 0. The van der Waals surface area contributed by atoms with Gasteiger partial charge in [-0.05, 0) is 139 Å². The van der Waals surface area contributed by atoms with E-state index in [0.717, 1.165) is 74.0 Å². The van der Waals surface area contributed by atoms with Crippen LogP contribution in [0.25, 0.3) is 89.8 Å². The first-order valence-electron chi connectivity index (χ1n) is 23.5. The van der Waals surface area contributed by atoms with Crippen LogP contribution in [0.1, 0.15) is 41.0 Å². The molecular formula is C64H45N3. The highest BCUT2D eigenvalue weighted by Crippen LogP contribution is 2.66. The fourth-order valence-electron chi connectivity index (χ4n) is 11.6. The zero-order valence-electron chi connectivity index (χ0n) is 36.9. The van der Waals surface area contributed by atoms with Gasteiger partial charge in [0, 0.05) is 22.6 Å². The summed E-state index contributed by atoms with van der Waals surface area (Å²) in [6, 6.07) is 81.3. The van der Waals surface area contributed by atoms with E-state index in [0.29, 0.717) is 29.3 Å². The Kier molecular flexibility index (Phi) is 9.35. The van der Waals surface area contributed by atoms with Crippen molar-refractivity contribution in [2.75, 3.05) is 0 Å². The molecule has 0 aliphatic heterocycles. The molecule has 316 valence electrons. The highest BCUT2D eigenvalue weighted by Gasteiger charge is 2.57. The Morgan fingerprint density at radius 2 is 0.716 bits per heavy atom.